The Balaban J connectivity index is 1.16. The fraction of sp³-hybridized carbons (Fsp3) is 0.357. The van der Waals surface area contributed by atoms with E-state index in [1.54, 1.807) is 7.11 Å². The summed E-state index contributed by atoms with van der Waals surface area (Å²) in [6, 6.07) is 15.8. The Labute approximate surface area is 204 Å². The maximum atomic E-state index is 13.6. The van der Waals surface area contributed by atoms with Gasteiger partial charge in [-0.25, -0.2) is 0 Å². The lowest BCUT2D eigenvalue weighted by Crippen LogP contribution is -2.44. The van der Waals surface area contributed by atoms with E-state index in [1.807, 2.05) is 72.6 Å². The third-order valence-corrected chi connectivity index (χ3v) is 7.87. The second kappa shape index (κ2) is 8.27. The van der Waals surface area contributed by atoms with Gasteiger partial charge in [0.1, 0.15) is 11.4 Å². The monoisotopic (exact) mass is 471 g/mol. The van der Waals surface area contributed by atoms with Gasteiger partial charge in [-0.1, -0.05) is 42.5 Å². The first kappa shape index (κ1) is 21.9. The molecule has 0 aliphatic carbocycles. The highest BCUT2D eigenvalue weighted by Crippen LogP contribution is 2.53. The van der Waals surface area contributed by atoms with Crippen LogP contribution in [0.5, 0.6) is 5.75 Å². The number of H-pyrrole nitrogens is 1. The number of carbonyl (C=O) groups excluding carboxylic acids is 2. The molecule has 3 aliphatic heterocycles. The molecule has 6 rings (SSSR count). The molecule has 3 aromatic rings. The second-order valence-electron chi connectivity index (χ2n) is 9.72. The quantitative estimate of drug-likeness (QED) is 0.518. The lowest BCUT2D eigenvalue weighted by molar-refractivity contribution is -0.138. The number of rotatable bonds is 7. The number of para-hydroxylation sites is 1. The molecule has 0 unspecified atom stereocenters. The molecule has 35 heavy (non-hydrogen) atoms. The van der Waals surface area contributed by atoms with Gasteiger partial charge < -0.3 is 24.7 Å². The molecule has 2 amide bonds. The molecule has 4 heterocycles. The normalized spacial score (nSPS) is 27.4. The Bertz CT molecular complexity index is 1310. The minimum absolute atomic E-state index is 0.0167. The van der Waals surface area contributed by atoms with Crippen molar-refractivity contribution < 1.29 is 19.1 Å². The topological polar surface area (TPSA) is 83.7 Å². The fourth-order valence-corrected chi connectivity index (χ4v) is 5.99. The third-order valence-electron chi connectivity index (χ3n) is 7.87. The SMILES string of the molecule is COc1ccc([C@H](C)N2C[C@@]34C=C[C@@H](O3)[C@@H](C(=O)NCCc3c[nH]c5ccccc35)[C@@H]4C2=O)cc1. The van der Waals surface area contributed by atoms with E-state index >= 15 is 0 Å². The summed E-state index contributed by atoms with van der Waals surface area (Å²) in [6.07, 6.45) is 6.31. The predicted octanol–water partition coefficient (Wildman–Crippen LogP) is 3.38. The molecular formula is C28H29N3O4. The molecule has 2 bridgehead atoms. The van der Waals surface area contributed by atoms with Crippen LogP contribution in [0, 0.1) is 11.8 Å². The Hall–Kier alpha value is -3.58. The summed E-state index contributed by atoms with van der Waals surface area (Å²) in [4.78, 5) is 32.1. The van der Waals surface area contributed by atoms with Crippen LogP contribution < -0.4 is 10.1 Å². The highest BCUT2D eigenvalue weighted by Gasteiger charge is 2.67. The number of hydrogen-bond donors (Lipinski definition) is 2. The van der Waals surface area contributed by atoms with Crippen molar-refractivity contribution in [2.45, 2.75) is 31.1 Å². The van der Waals surface area contributed by atoms with Gasteiger partial charge in [-0.15, -0.1) is 0 Å². The molecule has 3 aliphatic rings. The molecule has 1 aromatic heterocycles. The number of likely N-dealkylation sites (tertiary alicyclic amines) is 1. The molecule has 2 N–H and O–H groups in total. The summed E-state index contributed by atoms with van der Waals surface area (Å²) >= 11 is 0. The first-order valence-corrected chi connectivity index (χ1v) is 12.1. The maximum absolute atomic E-state index is 13.6. The van der Waals surface area contributed by atoms with Crippen molar-refractivity contribution in [1.82, 2.24) is 15.2 Å². The molecule has 7 nitrogen and oxygen atoms in total. The van der Waals surface area contributed by atoms with E-state index in [9.17, 15) is 9.59 Å². The number of carbonyl (C=O) groups is 2. The van der Waals surface area contributed by atoms with E-state index < -0.39 is 17.4 Å². The Morgan fingerprint density at radius 1 is 1.26 bits per heavy atom. The van der Waals surface area contributed by atoms with Gasteiger partial charge in [0.05, 0.1) is 37.6 Å². The molecule has 1 spiro atoms. The van der Waals surface area contributed by atoms with Gasteiger partial charge in [-0.2, -0.15) is 0 Å². The van der Waals surface area contributed by atoms with Crippen LogP contribution in [0.2, 0.25) is 0 Å². The van der Waals surface area contributed by atoms with Crippen LogP contribution in [-0.2, 0) is 20.7 Å². The maximum Gasteiger partial charge on any atom is 0.230 e. The van der Waals surface area contributed by atoms with Gasteiger partial charge in [0.15, 0.2) is 0 Å². The molecule has 2 aromatic carbocycles. The van der Waals surface area contributed by atoms with E-state index in [-0.39, 0.29) is 24.0 Å². The van der Waals surface area contributed by atoms with E-state index in [0.29, 0.717) is 19.5 Å². The van der Waals surface area contributed by atoms with Crippen molar-refractivity contribution in [1.29, 1.82) is 0 Å². The zero-order valence-corrected chi connectivity index (χ0v) is 19.9. The summed E-state index contributed by atoms with van der Waals surface area (Å²) < 4.78 is 11.5. The van der Waals surface area contributed by atoms with Crippen LogP contribution in [0.3, 0.4) is 0 Å². The van der Waals surface area contributed by atoms with Crippen LogP contribution in [0.15, 0.2) is 66.9 Å². The van der Waals surface area contributed by atoms with Gasteiger partial charge in [0.25, 0.3) is 0 Å². The number of methoxy groups -OCH3 is 1. The van der Waals surface area contributed by atoms with E-state index in [4.69, 9.17) is 9.47 Å². The first-order chi connectivity index (χ1) is 17.0. The fourth-order valence-electron chi connectivity index (χ4n) is 5.99. The molecule has 7 heteroatoms. The number of fused-ring (bicyclic) bond motifs is 2. The smallest absolute Gasteiger partial charge is 0.230 e. The van der Waals surface area contributed by atoms with Gasteiger partial charge in [0, 0.05) is 23.6 Å². The summed E-state index contributed by atoms with van der Waals surface area (Å²) in [5, 5.41) is 4.25. The Morgan fingerprint density at radius 2 is 2.06 bits per heavy atom. The number of nitrogens with zero attached hydrogens (tertiary/aromatic N) is 1. The second-order valence-corrected chi connectivity index (χ2v) is 9.72. The molecule has 2 fully saturated rings. The third kappa shape index (κ3) is 3.45. The zero-order valence-electron chi connectivity index (χ0n) is 19.9. The average molecular weight is 472 g/mol. The van der Waals surface area contributed by atoms with Crippen molar-refractivity contribution in [2.24, 2.45) is 11.8 Å². The van der Waals surface area contributed by atoms with Crippen molar-refractivity contribution in [2.75, 3.05) is 20.2 Å². The molecular weight excluding hydrogens is 442 g/mol. The summed E-state index contributed by atoms with van der Waals surface area (Å²) in [7, 11) is 1.63. The molecule has 0 saturated carbocycles. The van der Waals surface area contributed by atoms with Crippen molar-refractivity contribution in [3.8, 4) is 5.75 Å². The number of nitrogens with one attached hydrogen (secondary N) is 2. The van der Waals surface area contributed by atoms with E-state index in [2.05, 4.69) is 16.4 Å². The van der Waals surface area contributed by atoms with E-state index in [1.165, 1.54) is 5.39 Å². The lowest BCUT2D eigenvalue weighted by Gasteiger charge is -2.28. The van der Waals surface area contributed by atoms with Crippen LogP contribution >= 0.6 is 0 Å². The van der Waals surface area contributed by atoms with Crippen LogP contribution in [0.25, 0.3) is 10.9 Å². The number of aromatic nitrogens is 1. The number of benzene rings is 2. The van der Waals surface area contributed by atoms with Gasteiger partial charge in [-0.3, -0.25) is 9.59 Å². The van der Waals surface area contributed by atoms with Crippen molar-refractivity contribution >= 4 is 22.7 Å². The van der Waals surface area contributed by atoms with Crippen molar-refractivity contribution in [3.05, 3.63) is 78.0 Å². The number of amides is 2. The van der Waals surface area contributed by atoms with Crippen molar-refractivity contribution in [3.63, 3.8) is 0 Å². The van der Waals surface area contributed by atoms with Crippen LogP contribution in [0.4, 0.5) is 0 Å². The lowest BCUT2D eigenvalue weighted by atomic mass is 9.77. The summed E-state index contributed by atoms with van der Waals surface area (Å²) in [6.45, 7) is 2.98. The Kier molecular flexibility index (Phi) is 5.18. The van der Waals surface area contributed by atoms with Crippen LogP contribution in [-0.4, -0.2) is 53.6 Å². The minimum atomic E-state index is -0.721. The average Bonchev–Trinajstić information content (AvgIpc) is 3.63. The predicted molar refractivity (Wildman–Crippen MR) is 132 cm³/mol. The Morgan fingerprint density at radius 3 is 2.86 bits per heavy atom. The minimum Gasteiger partial charge on any atom is -0.497 e. The number of ether oxygens (including phenoxy) is 2. The van der Waals surface area contributed by atoms with Gasteiger partial charge in [0.2, 0.25) is 11.8 Å². The van der Waals surface area contributed by atoms with Crippen LogP contribution in [0.1, 0.15) is 24.1 Å². The molecule has 180 valence electrons. The number of aromatic amines is 1. The van der Waals surface area contributed by atoms with Gasteiger partial charge >= 0.3 is 0 Å². The standard InChI is InChI=1S/C28H29N3O4/c1-17(18-7-9-20(34-2)10-8-18)31-16-28-13-11-23(35-28)24(25(28)27(31)33)26(32)29-14-12-19-15-30-22-6-4-3-5-21(19)22/h3-11,13,15,17,23-25,30H,12,14,16H2,1-2H3,(H,29,32)/t17-,23+,24+,25+,28+/m0/s1. The zero-order chi connectivity index (χ0) is 24.2. The summed E-state index contributed by atoms with van der Waals surface area (Å²) in [5.41, 5.74) is 2.55. The number of hydrogen-bond acceptors (Lipinski definition) is 4. The van der Waals surface area contributed by atoms with E-state index in [0.717, 1.165) is 22.4 Å². The molecule has 5 atom stereocenters. The largest absolute Gasteiger partial charge is 0.497 e. The molecule has 2 saturated heterocycles. The summed E-state index contributed by atoms with van der Waals surface area (Å²) in [5.74, 6) is -0.358. The molecule has 0 radical (unpaired) electrons. The first-order valence-electron chi connectivity index (χ1n) is 12.1. The highest BCUT2D eigenvalue weighted by atomic mass is 16.5. The van der Waals surface area contributed by atoms with Gasteiger partial charge in [-0.05, 0) is 42.7 Å². The highest BCUT2D eigenvalue weighted by molar-refractivity contribution is 5.93.